The average molecular weight is 358 g/mol. The minimum Gasteiger partial charge on any atom is -0.465 e. The van der Waals surface area contributed by atoms with Crippen molar-refractivity contribution < 1.29 is 22.3 Å². The first-order chi connectivity index (χ1) is 10.8. The molecular weight excluding hydrogens is 345 g/mol. The maximum absolute atomic E-state index is 13.8. The molecule has 2 rings (SSSR count). The Bertz CT molecular complexity index is 854. The third-order valence-corrected chi connectivity index (χ3v) is 5.44. The SMILES string of the molecule is COC(=O)c1ccc(S(=O)(=O)N(C)c2ccccc2F)c(Cl)c1. The molecule has 0 atom stereocenters. The summed E-state index contributed by atoms with van der Waals surface area (Å²) in [7, 11) is -1.66. The molecule has 0 unspecified atom stereocenters. The van der Waals surface area contributed by atoms with Crippen LogP contribution in [0.4, 0.5) is 10.1 Å². The summed E-state index contributed by atoms with van der Waals surface area (Å²) in [5.41, 5.74) is 0.00519. The van der Waals surface area contributed by atoms with E-state index in [9.17, 15) is 17.6 Å². The first kappa shape index (κ1) is 17.2. The van der Waals surface area contributed by atoms with E-state index in [2.05, 4.69) is 4.74 Å². The molecule has 0 aliphatic carbocycles. The number of methoxy groups -OCH3 is 1. The lowest BCUT2D eigenvalue weighted by molar-refractivity contribution is 0.0600. The summed E-state index contributed by atoms with van der Waals surface area (Å²) < 4.78 is 44.4. The minimum atomic E-state index is -4.09. The van der Waals surface area contributed by atoms with Crippen molar-refractivity contribution in [2.45, 2.75) is 4.90 Å². The van der Waals surface area contributed by atoms with E-state index in [-0.39, 0.29) is 21.2 Å². The minimum absolute atomic E-state index is 0.111. The van der Waals surface area contributed by atoms with Crippen molar-refractivity contribution in [3.63, 3.8) is 0 Å². The van der Waals surface area contributed by atoms with Crippen LogP contribution < -0.4 is 4.31 Å². The van der Waals surface area contributed by atoms with Gasteiger partial charge in [-0.15, -0.1) is 0 Å². The second-order valence-electron chi connectivity index (χ2n) is 4.56. The predicted octanol–water partition coefficient (Wildman–Crippen LogP) is 3.09. The molecule has 0 aliphatic rings. The first-order valence-corrected chi connectivity index (χ1v) is 8.22. The number of halogens is 2. The Hall–Kier alpha value is -2.12. The second-order valence-corrected chi connectivity index (χ2v) is 6.91. The highest BCUT2D eigenvalue weighted by atomic mass is 35.5. The van der Waals surface area contributed by atoms with Crippen molar-refractivity contribution in [2.24, 2.45) is 0 Å². The Morgan fingerprint density at radius 2 is 1.87 bits per heavy atom. The fourth-order valence-corrected chi connectivity index (χ4v) is 3.66. The molecule has 2 aromatic carbocycles. The molecule has 2 aromatic rings. The molecule has 8 heteroatoms. The van der Waals surface area contributed by atoms with Gasteiger partial charge in [0.05, 0.1) is 23.4 Å². The number of carbonyl (C=O) groups is 1. The van der Waals surface area contributed by atoms with Crippen molar-refractivity contribution in [3.05, 3.63) is 58.9 Å². The fraction of sp³-hybridized carbons (Fsp3) is 0.133. The summed E-state index contributed by atoms with van der Waals surface area (Å²) in [6.45, 7) is 0. The summed E-state index contributed by atoms with van der Waals surface area (Å²) in [4.78, 5) is 11.2. The number of ether oxygens (including phenoxy) is 1. The Labute approximate surface area is 138 Å². The van der Waals surface area contributed by atoms with E-state index >= 15 is 0 Å². The van der Waals surface area contributed by atoms with Crippen molar-refractivity contribution in [3.8, 4) is 0 Å². The van der Waals surface area contributed by atoms with E-state index in [1.807, 2.05) is 0 Å². The molecule has 23 heavy (non-hydrogen) atoms. The fourth-order valence-electron chi connectivity index (χ4n) is 1.94. The van der Waals surface area contributed by atoms with Gasteiger partial charge in [-0.3, -0.25) is 4.31 Å². The lowest BCUT2D eigenvalue weighted by Gasteiger charge is -2.20. The zero-order chi connectivity index (χ0) is 17.2. The van der Waals surface area contributed by atoms with Crippen LogP contribution in [0.25, 0.3) is 0 Å². The zero-order valence-electron chi connectivity index (χ0n) is 12.3. The van der Waals surface area contributed by atoms with Gasteiger partial charge < -0.3 is 4.74 Å². The molecule has 0 aromatic heterocycles. The summed E-state index contributed by atoms with van der Waals surface area (Å²) >= 11 is 5.98. The maximum atomic E-state index is 13.8. The van der Waals surface area contributed by atoms with E-state index in [1.54, 1.807) is 0 Å². The van der Waals surface area contributed by atoms with Gasteiger partial charge in [-0.1, -0.05) is 23.7 Å². The highest BCUT2D eigenvalue weighted by molar-refractivity contribution is 7.93. The molecule has 0 saturated carbocycles. The summed E-state index contributed by atoms with van der Waals surface area (Å²) in [6, 6.07) is 9.12. The van der Waals surface area contributed by atoms with Crippen LogP contribution in [0.5, 0.6) is 0 Å². The Kier molecular flexibility index (Phi) is 4.91. The molecule has 122 valence electrons. The Balaban J connectivity index is 2.48. The number of benzene rings is 2. The third kappa shape index (κ3) is 3.30. The number of esters is 1. The first-order valence-electron chi connectivity index (χ1n) is 6.40. The van der Waals surface area contributed by atoms with Crippen molar-refractivity contribution in [1.29, 1.82) is 0 Å². The highest BCUT2D eigenvalue weighted by Gasteiger charge is 2.26. The Morgan fingerprint density at radius 3 is 2.43 bits per heavy atom. The van der Waals surface area contributed by atoms with E-state index in [4.69, 9.17) is 11.6 Å². The number of hydrogen-bond donors (Lipinski definition) is 0. The molecule has 0 radical (unpaired) electrons. The zero-order valence-corrected chi connectivity index (χ0v) is 13.9. The largest absolute Gasteiger partial charge is 0.465 e. The third-order valence-electron chi connectivity index (χ3n) is 3.18. The van der Waals surface area contributed by atoms with Crippen molar-refractivity contribution in [1.82, 2.24) is 0 Å². The highest BCUT2D eigenvalue weighted by Crippen LogP contribution is 2.29. The van der Waals surface area contributed by atoms with Gasteiger partial charge in [0.1, 0.15) is 10.7 Å². The molecule has 0 amide bonds. The average Bonchev–Trinajstić information content (AvgIpc) is 2.53. The maximum Gasteiger partial charge on any atom is 0.337 e. The van der Waals surface area contributed by atoms with Crippen LogP contribution >= 0.6 is 11.6 Å². The van der Waals surface area contributed by atoms with E-state index < -0.39 is 21.8 Å². The molecule has 5 nitrogen and oxygen atoms in total. The number of para-hydroxylation sites is 1. The van der Waals surface area contributed by atoms with Gasteiger partial charge in [0.25, 0.3) is 10.0 Å². The van der Waals surface area contributed by atoms with Gasteiger partial charge >= 0.3 is 5.97 Å². The topological polar surface area (TPSA) is 63.7 Å². The van der Waals surface area contributed by atoms with Crippen LogP contribution in [0.1, 0.15) is 10.4 Å². The summed E-state index contributed by atoms with van der Waals surface area (Å²) in [5, 5.41) is -0.156. The molecular formula is C15H13ClFNO4S. The van der Waals surface area contributed by atoms with Gasteiger partial charge in [0, 0.05) is 7.05 Å². The van der Waals surface area contributed by atoms with E-state index in [1.165, 1.54) is 50.6 Å². The van der Waals surface area contributed by atoms with Crippen molar-refractivity contribution >= 4 is 33.3 Å². The van der Waals surface area contributed by atoms with Crippen LogP contribution in [0.3, 0.4) is 0 Å². The number of sulfonamides is 1. The standard InChI is InChI=1S/C15H13ClFNO4S/c1-18(13-6-4-3-5-12(13)17)23(20,21)14-8-7-10(9-11(14)16)15(19)22-2/h3-9H,1-2H3. The second kappa shape index (κ2) is 6.55. The van der Waals surface area contributed by atoms with Crippen LogP contribution in [0.2, 0.25) is 5.02 Å². The van der Waals surface area contributed by atoms with Gasteiger partial charge in [0.2, 0.25) is 0 Å². The molecule has 0 N–H and O–H groups in total. The normalized spacial score (nSPS) is 11.1. The van der Waals surface area contributed by atoms with Crippen LogP contribution in [-0.2, 0) is 14.8 Å². The number of hydrogen-bond acceptors (Lipinski definition) is 4. The molecule has 0 aliphatic heterocycles. The lowest BCUT2D eigenvalue weighted by atomic mass is 10.2. The molecule has 0 fully saturated rings. The number of carbonyl (C=O) groups excluding carboxylic acids is 1. The van der Waals surface area contributed by atoms with Gasteiger partial charge in [-0.25, -0.2) is 17.6 Å². The van der Waals surface area contributed by atoms with Gasteiger partial charge in [-0.05, 0) is 30.3 Å². The van der Waals surface area contributed by atoms with E-state index in [0.717, 1.165) is 10.4 Å². The quantitative estimate of drug-likeness (QED) is 0.789. The van der Waals surface area contributed by atoms with E-state index in [0.29, 0.717) is 0 Å². The molecule has 0 saturated heterocycles. The number of rotatable bonds is 4. The lowest BCUT2D eigenvalue weighted by Crippen LogP contribution is -2.27. The van der Waals surface area contributed by atoms with Gasteiger partial charge in [0.15, 0.2) is 0 Å². The van der Waals surface area contributed by atoms with Crippen LogP contribution in [-0.4, -0.2) is 28.5 Å². The number of anilines is 1. The monoisotopic (exact) mass is 357 g/mol. The predicted molar refractivity (Wildman–Crippen MR) is 84.8 cm³/mol. The molecule has 0 bridgehead atoms. The summed E-state index contributed by atoms with van der Waals surface area (Å²) in [6.07, 6.45) is 0. The Morgan fingerprint density at radius 1 is 1.22 bits per heavy atom. The molecule has 0 heterocycles. The smallest absolute Gasteiger partial charge is 0.337 e. The summed E-state index contributed by atoms with van der Waals surface area (Å²) in [5.74, 6) is -1.32. The molecule has 0 spiro atoms. The van der Waals surface area contributed by atoms with Crippen LogP contribution in [0, 0.1) is 5.82 Å². The van der Waals surface area contributed by atoms with Crippen molar-refractivity contribution in [2.75, 3.05) is 18.5 Å². The van der Waals surface area contributed by atoms with Crippen LogP contribution in [0.15, 0.2) is 47.4 Å². The number of nitrogens with zero attached hydrogens (tertiary/aromatic N) is 1. The van der Waals surface area contributed by atoms with Gasteiger partial charge in [-0.2, -0.15) is 0 Å².